The van der Waals surface area contributed by atoms with E-state index in [9.17, 15) is 9.59 Å². The number of nitrogens with one attached hydrogen (secondary N) is 1. The molecular formula is C17H25NO4S. The van der Waals surface area contributed by atoms with E-state index in [-0.39, 0.29) is 6.61 Å². The average molecular weight is 339 g/mol. The quantitative estimate of drug-likeness (QED) is 0.677. The third-order valence-electron chi connectivity index (χ3n) is 3.61. The van der Waals surface area contributed by atoms with Crippen LogP contribution in [0.15, 0.2) is 12.1 Å². The normalized spacial score (nSPS) is 11.8. The Bertz CT molecular complexity index is 560. The van der Waals surface area contributed by atoms with Gasteiger partial charge in [-0.25, -0.2) is 4.79 Å². The first kappa shape index (κ1) is 19.4. The average Bonchev–Trinajstić information content (AvgIpc) is 2.50. The number of ether oxygens (including phenoxy) is 1. The lowest BCUT2D eigenvalue weighted by atomic mass is 10.1. The van der Waals surface area contributed by atoms with Crippen molar-refractivity contribution < 1.29 is 19.4 Å². The van der Waals surface area contributed by atoms with Crippen molar-refractivity contribution in [2.45, 2.75) is 40.2 Å². The van der Waals surface area contributed by atoms with E-state index in [0.29, 0.717) is 17.9 Å². The molecule has 0 bridgehead atoms. The van der Waals surface area contributed by atoms with Crippen LogP contribution in [-0.2, 0) is 9.59 Å². The lowest BCUT2D eigenvalue weighted by Crippen LogP contribution is -2.43. The van der Waals surface area contributed by atoms with E-state index in [1.54, 1.807) is 11.8 Å². The third kappa shape index (κ3) is 6.14. The molecule has 5 nitrogen and oxygen atoms in total. The van der Waals surface area contributed by atoms with Gasteiger partial charge in [0.15, 0.2) is 6.61 Å². The lowest BCUT2D eigenvalue weighted by Gasteiger charge is -2.16. The Labute approximate surface area is 141 Å². The summed E-state index contributed by atoms with van der Waals surface area (Å²) < 4.78 is 5.61. The highest BCUT2D eigenvalue weighted by Crippen LogP contribution is 2.25. The highest BCUT2D eigenvalue weighted by Gasteiger charge is 2.20. The van der Waals surface area contributed by atoms with Crippen molar-refractivity contribution in [1.29, 1.82) is 0 Å². The van der Waals surface area contributed by atoms with Crippen molar-refractivity contribution >= 4 is 23.6 Å². The smallest absolute Gasteiger partial charge is 0.326 e. The standard InChI is InChI=1S/C17H25NO4S/c1-5-23-9-8-14(17(20)21)18-15(19)10-22-16-12(3)7-6-11(2)13(16)4/h6-7,14H,5,8-10H2,1-4H3,(H,18,19)(H,20,21). The summed E-state index contributed by atoms with van der Waals surface area (Å²) >= 11 is 1.65. The third-order valence-corrected chi connectivity index (χ3v) is 4.54. The van der Waals surface area contributed by atoms with Crippen LogP contribution in [0.3, 0.4) is 0 Å². The fourth-order valence-electron chi connectivity index (χ4n) is 2.12. The highest BCUT2D eigenvalue weighted by atomic mass is 32.2. The van der Waals surface area contributed by atoms with Gasteiger partial charge in [0.05, 0.1) is 0 Å². The van der Waals surface area contributed by atoms with Gasteiger partial charge >= 0.3 is 5.97 Å². The van der Waals surface area contributed by atoms with Crippen molar-refractivity contribution in [2.24, 2.45) is 0 Å². The zero-order chi connectivity index (χ0) is 17.4. The largest absolute Gasteiger partial charge is 0.483 e. The molecule has 1 amide bonds. The number of thioether (sulfide) groups is 1. The van der Waals surface area contributed by atoms with E-state index in [2.05, 4.69) is 5.32 Å². The maximum Gasteiger partial charge on any atom is 0.326 e. The van der Waals surface area contributed by atoms with Gasteiger partial charge in [0, 0.05) is 0 Å². The summed E-state index contributed by atoms with van der Waals surface area (Å²) in [7, 11) is 0. The van der Waals surface area contributed by atoms with Gasteiger partial charge in [0.25, 0.3) is 5.91 Å². The number of carbonyl (C=O) groups is 2. The number of carbonyl (C=O) groups excluding carboxylic acids is 1. The SMILES string of the molecule is CCSCCC(NC(=O)COc1c(C)ccc(C)c1C)C(=O)O. The summed E-state index contributed by atoms with van der Waals surface area (Å²) in [6.45, 7) is 7.67. The molecule has 6 heteroatoms. The monoisotopic (exact) mass is 339 g/mol. The van der Waals surface area contributed by atoms with Gasteiger partial charge in [-0.15, -0.1) is 0 Å². The minimum absolute atomic E-state index is 0.185. The Balaban J connectivity index is 2.59. The van der Waals surface area contributed by atoms with E-state index in [0.717, 1.165) is 22.4 Å². The molecule has 0 spiro atoms. The number of hydrogen-bond donors (Lipinski definition) is 2. The van der Waals surface area contributed by atoms with E-state index in [4.69, 9.17) is 9.84 Å². The molecule has 0 aliphatic heterocycles. The van der Waals surface area contributed by atoms with Crippen LogP contribution in [0, 0.1) is 20.8 Å². The number of aryl methyl sites for hydroxylation is 2. The van der Waals surface area contributed by atoms with Crippen LogP contribution < -0.4 is 10.1 Å². The van der Waals surface area contributed by atoms with Crippen molar-refractivity contribution in [3.05, 3.63) is 28.8 Å². The first-order chi connectivity index (χ1) is 10.9. The number of amides is 1. The molecule has 0 heterocycles. The predicted octanol–water partition coefficient (Wildman–Crippen LogP) is 2.70. The van der Waals surface area contributed by atoms with E-state index < -0.39 is 17.9 Å². The first-order valence-electron chi connectivity index (χ1n) is 7.66. The lowest BCUT2D eigenvalue weighted by molar-refractivity contribution is -0.142. The van der Waals surface area contributed by atoms with Gasteiger partial charge in [-0.3, -0.25) is 4.79 Å². The van der Waals surface area contributed by atoms with Crippen LogP contribution >= 0.6 is 11.8 Å². The van der Waals surface area contributed by atoms with Gasteiger partial charge < -0.3 is 15.2 Å². The summed E-state index contributed by atoms with van der Waals surface area (Å²) in [5.74, 6) is 0.880. The summed E-state index contributed by atoms with van der Waals surface area (Å²) in [6, 6.07) is 3.07. The summed E-state index contributed by atoms with van der Waals surface area (Å²) in [4.78, 5) is 23.2. The van der Waals surface area contributed by atoms with Crippen LogP contribution in [0.2, 0.25) is 0 Å². The van der Waals surface area contributed by atoms with Crippen molar-refractivity contribution in [3.63, 3.8) is 0 Å². The molecule has 0 radical (unpaired) electrons. The number of hydrogen-bond acceptors (Lipinski definition) is 4. The topological polar surface area (TPSA) is 75.6 Å². The van der Waals surface area contributed by atoms with Gasteiger partial charge in [0.2, 0.25) is 0 Å². The number of benzene rings is 1. The van der Waals surface area contributed by atoms with Gasteiger partial charge in [-0.05, 0) is 55.4 Å². The first-order valence-corrected chi connectivity index (χ1v) is 8.81. The van der Waals surface area contributed by atoms with E-state index in [1.165, 1.54) is 0 Å². The molecule has 1 unspecified atom stereocenters. The fourth-order valence-corrected chi connectivity index (χ4v) is 2.82. The molecule has 1 atom stereocenters. The molecule has 1 rings (SSSR count). The predicted molar refractivity (Wildman–Crippen MR) is 93.3 cm³/mol. The summed E-state index contributed by atoms with van der Waals surface area (Å²) in [5, 5.41) is 11.7. The zero-order valence-corrected chi connectivity index (χ0v) is 15.0. The molecule has 1 aromatic rings. The summed E-state index contributed by atoms with van der Waals surface area (Å²) in [6.07, 6.45) is 0.405. The van der Waals surface area contributed by atoms with Crippen LogP contribution in [0.5, 0.6) is 5.75 Å². The minimum Gasteiger partial charge on any atom is -0.483 e. The van der Waals surface area contributed by atoms with Crippen molar-refractivity contribution in [3.8, 4) is 5.75 Å². The Morgan fingerprint density at radius 1 is 1.26 bits per heavy atom. The molecule has 2 N–H and O–H groups in total. The Morgan fingerprint density at radius 3 is 2.52 bits per heavy atom. The molecule has 0 saturated carbocycles. The summed E-state index contributed by atoms with van der Waals surface area (Å²) in [5.41, 5.74) is 3.04. The Morgan fingerprint density at radius 2 is 1.91 bits per heavy atom. The molecule has 23 heavy (non-hydrogen) atoms. The minimum atomic E-state index is -1.02. The van der Waals surface area contributed by atoms with E-state index in [1.807, 2.05) is 39.8 Å². The van der Waals surface area contributed by atoms with Gasteiger partial charge in [-0.1, -0.05) is 19.1 Å². The second kappa shape index (κ2) is 9.45. The van der Waals surface area contributed by atoms with Crippen LogP contribution in [-0.4, -0.2) is 41.1 Å². The van der Waals surface area contributed by atoms with Crippen molar-refractivity contribution in [1.82, 2.24) is 5.32 Å². The van der Waals surface area contributed by atoms with Crippen LogP contribution in [0.4, 0.5) is 0 Å². The van der Waals surface area contributed by atoms with Gasteiger partial charge in [0.1, 0.15) is 11.8 Å². The molecular weight excluding hydrogens is 314 g/mol. The van der Waals surface area contributed by atoms with Gasteiger partial charge in [-0.2, -0.15) is 11.8 Å². The van der Waals surface area contributed by atoms with Crippen LogP contribution in [0.1, 0.15) is 30.0 Å². The molecule has 1 aromatic carbocycles. The number of carboxylic acid groups (broad SMARTS) is 1. The molecule has 0 aromatic heterocycles. The Kier molecular flexibility index (Phi) is 7.95. The molecule has 0 aliphatic rings. The second-order valence-electron chi connectivity index (χ2n) is 5.39. The molecule has 128 valence electrons. The maximum atomic E-state index is 12.0. The molecule has 0 aliphatic carbocycles. The zero-order valence-electron chi connectivity index (χ0n) is 14.1. The second-order valence-corrected chi connectivity index (χ2v) is 6.78. The number of carboxylic acids is 1. The number of aliphatic carboxylic acids is 1. The Hall–Kier alpha value is -1.69. The fraction of sp³-hybridized carbons (Fsp3) is 0.529. The highest BCUT2D eigenvalue weighted by molar-refractivity contribution is 7.99. The molecule has 0 saturated heterocycles. The maximum absolute atomic E-state index is 12.0. The molecule has 0 fully saturated rings. The van der Waals surface area contributed by atoms with E-state index >= 15 is 0 Å². The number of rotatable bonds is 9. The van der Waals surface area contributed by atoms with Crippen LogP contribution in [0.25, 0.3) is 0 Å². The van der Waals surface area contributed by atoms with Crippen molar-refractivity contribution in [2.75, 3.05) is 18.1 Å².